The quantitative estimate of drug-likeness (QED) is 0.619. The Morgan fingerprint density at radius 2 is 1.65 bits per heavy atom. The van der Waals surface area contributed by atoms with Crippen molar-refractivity contribution in [2.24, 2.45) is 0 Å². The number of hydrogen-bond acceptors (Lipinski definition) is 5. The first-order valence-corrected chi connectivity index (χ1v) is 13.6. The molecule has 2 fully saturated rings. The summed E-state index contributed by atoms with van der Waals surface area (Å²) in [5.74, 6) is -0.785. The van der Waals surface area contributed by atoms with Crippen LogP contribution in [0.5, 0.6) is 0 Å². The van der Waals surface area contributed by atoms with E-state index in [9.17, 15) is 22.4 Å². The van der Waals surface area contributed by atoms with Crippen molar-refractivity contribution in [1.29, 1.82) is 0 Å². The van der Waals surface area contributed by atoms with E-state index >= 15 is 0 Å². The molecule has 7 nitrogen and oxygen atoms in total. The number of hydrogen-bond donors (Lipinski definition) is 2. The van der Waals surface area contributed by atoms with Gasteiger partial charge in [0.15, 0.2) is 9.84 Å². The van der Waals surface area contributed by atoms with Gasteiger partial charge >= 0.3 is 0 Å². The fourth-order valence-electron chi connectivity index (χ4n) is 4.89. The number of benzene rings is 2. The highest BCUT2D eigenvalue weighted by Crippen LogP contribution is 2.28. The molecule has 2 aromatic rings. The van der Waals surface area contributed by atoms with Crippen molar-refractivity contribution in [2.75, 3.05) is 28.7 Å². The molecule has 1 saturated carbocycles. The highest BCUT2D eigenvalue weighted by Gasteiger charge is 2.38. The van der Waals surface area contributed by atoms with Crippen molar-refractivity contribution in [3.05, 3.63) is 59.9 Å². The zero-order valence-corrected chi connectivity index (χ0v) is 19.8. The van der Waals surface area contributed by atoms with Crippen LogP contribution in [0.15, 0.2) is 48.5 Å². The normalized spacial score (nSPS) is 20.0. The maximum absolute atomic E-state index is 13.4. The van der Waals surface area contributed by atoms with Crippen LogP contribution in [0.1, 0.15) is 48.9 Å². The van der Waals surface area contributed by atoms with Gasteiger partial charge in [0.1, 0.15) is 5.82 Å². The van der Waals surface area contributed by atoms with Crippen molar-refractivity contribution in [1.82, 2.24) is 4.90 Å². The largest absolute Gasteiger partial charge is 0.376 e. The topological polar surface area (TPSA) is 95.6 Å². The first-order valence-electron chi connectivity index (χ1n) is 11.7. The highest BCUT2D eigenvalue weighted by molar-refractivity contribution is 7.91. The molecule has 1 saturated heterocycles. The maximum atomic E-state index is 13.4. The summed E-state index contributed by atoms with van der Waals surface area (Å²) in [6.45, 7) is -0.0338. The number of amides is 2. The van der Waals surface area contributed by atoms with Crippen molar-refractivity contribution in [3.8, 4) is 0 Å². The SMILES string of the molecule is O=C(Nc1ccc(F)cc1)c1ccccc1NCC(=O)N(C1CCCCC1)[C@H]1CCS(=O)(=O)C1. The number of nitrogens with zero attached hydrogens (tertiary/aromatic N) is 1. The molecule has 9 heteroatoms. The number of halogens is 1. The molecular formula is C25H30FN3O4S. The summed E-state index contributed by atoms with van der Waals surface area (Å²) in [4.78, 5) is 28.0. The van der Waals surface area contributed by atoms with Crippen LogP contribution in [-0.2, 0) is 14.6 Å². The summed E-state index contributed by atoms with van der Waals surface area (Å²) in [6.07, 6.45) is 5.46. The van der Waals surface area contributed by atoms with E-state index in [1.54, 1.807) is 29.2 Å². The molecule has 1 aliphatic carbocycles. The zero-order chi connectivity index (χ0) is 24.1. The Kier molecular flexibility index (Phi) is 7.50. The van der Waals surface area contributed by atoms with Crippen LogP contribution in [-0.4, -0.2) is 55.3 Å². The molecule has 4 rings (SSSR count). The molecule has 0 aromatic heterocycles. The summed E-state index contributed by atoms with van der Waals surface area (Å²) >= 11 is 0. The Labute approximate surface area is 199 Å². The van der Waals surface area contributed by atoms with Crippen LogP contribution >= 0.6 is 0 Å². The van der Waals surface area contributed by atoms with Gasteiger partial charge in [-0.1, -0.05) is 31.4 Å². The van der Waals surface area contributed by atoms with E-state index in [2.05, 4.69) is 10.6 Å². The van der Waals surface area contributed by atoms with Crippen LogP contribution in [0.3, 0.4) is 0 Å². The molecule has 0 radical (unpaired) electrons. The number of nitrogens with one attached hydrogen (secondary N) is 2. The Hall–Kier alpha value is -2.94. The maximum Gasteiger partial charge on any atom is 0.257 e. The molecule has 1 heterocycles. The second-order valence-corrected chi connectivity index (χ2v) is 11.2. The van der Waals surface area contributed by atoms with E-state index in [1.165, 1.54) is 24.3 Å². The predicted octanol–water partition coefficient (Wildman–Crippen LogP) is 3.84. The molecule has 0 spiro atoms. The third kappa shape index (κ3) is 5.94. The molecule has 2 aromatic carbocycles. The van der Waals surface area contributed by atoms with Crippen molar-refractivity contribution in [3.63, 3.8) is 0 Å². The molecule has 34 heavy (non-hydrogen) atoms. The van der Waals surface area contributed by atoms with Gasteiger partial charge in [-0.25, -0.2) is 12.8 Å². The minimum atomic E-state index is -3.12. The first kappa shape index (κ1) is 24.2. The number of anilines is 2. The van der Waals surface area contributed by atoms with E-state index in [1.807, 2.05) is 0 Å². The Bertz CT molecular complexity index is 1130. The number of sulfone groups is 1. The van der Waals surface area contributed by atoms with Crippen molar-refractivity contribution in [2.45, 2.75) is 50.6 Å². The van der Waals surface area contributed by atoms with E-state index in [4.69, 9.17) is 0 Å². The minimum Gasteiger partial charge on any atom is -0.376 e. The standard InChI is InChI=1S/C25H30FN3O4S/c26-18-10-12-19(13-11-18)28-25(31)22-8-4-5-9-23(22)27-16-24(30)29(20-6-2-1-3-7-20)21-14-15-34(32,33)17-21/h4-5,8-13,20-21,27H,1-3,6-7,14-17H2,(H,28,31)/t21-/m0/s1. The molecule has 0 unspecified atom stereocenters. The molecule has 1 aliphatic heterocycles. The van der Waals surface area contributed by atoms with Gasteiger partial charge in [0.05, 0.1) is 23.6 Å². The molecule has 2 aliphatic rings. The lowest BCUT2D eigenvalue weighted by molar-refractivity contribution is -0.134. The summed E-state index contributed by atoms with van der Waals surface area (Å²) in [5.41, 5.74) is 1.31. The lowest BCUT2D eigenvalue weighted by Crippen LogP contribution is -2.50. The smallest absolute Gasteiger partial charge is 0.257 e. The van der Waals surface area contributed by atoms with Gasteiger partial charge in [0.25, 0.3) is 5.91 Å². The van der Waals surface area contributed by atoms with Crippen LogP contribution in [0, 0.1) is 5.82 Å². The monoisotopic (exact) mass is 487 g/mol. The van der Waals surface area contributed by atoms with Crippen LogP contribution < -0.4 is 10.6 Å². The van der Waals surface area contributed by atoms with E-state index in [0.717, 1.165) is 32.1 Å². The van der Waals surface area contributed by atoms with E-state index < -0.39 is 15.7 Å². The lowest BCUT2D eigenvalue weighted by Gasteiger charge is -2.38. The lowest BCUT2D eigenvalue weighted by atomic mass is 9.93. The van der Waals surface area contributed by atoms with Crippen LogP contribution in [0.4, 0.5) is 15.8 Å². The van der Waals surface area contributed by atoms with Crippen LogP contribution in [0.25, 0.3) is 0 Å². The third-order valence-electron chi connectivity index (χ3n) is 6.56. The molecule has 182 valence electrons. The Morgan fingerprint density at radius 1 is 0.941 bits per heavy atom. The fraction of sp³-hybridized carbons (Fsp3) is 0.440. The van der Waals surface area contributed by atoms with Gasteiger partial charge in [-0.2, -0.15) is 0 Å². The summed E-state index contributed by atoms with van der Waals surface area (Å²) in [5, 5.41) is 5.83. The van der Waals surface area contributed by atoms with Crippen molar-refractivity contribution >= 4 is 33.0 Å². The zero-order valence-electron chi connectivity index (χ0n) is 19.0. The second kappa shape index (κ2) is 10.5. The molecule has 2 amide bonds. The Morgan fingerprint density at radius 3 is 2.32 bits per heavy atom. The number of carbonyl (C=O) groups excluding carboxylic acids is 2. The van der Waals surface area contributed by atoms with E-state index in [-0.39, 0.29) is 41.9 Å². The second-order valence-electron chi connectivity index (χ2n) is 9.01. The number of rotatable bonds is 7. The van der Waals surface area contributed by atoms with Gasteiger partial charge in [-0.3, -0.25) is 9.59 Å². The van der Waals surface area contributed by atoms with Gasteiger partial charge < -0.3 is 15.5 Å². The fourth-order valence-corrected chi connectivity index (χ4v) is 6.60. The summed E-state index contributed by atoms with van der Waals surface area (Å²) < 4.78 is 37.3. The molecule has 2 N–H and O–H groups in total. The number of carbonyl (C=O) groups is 2. The average Bonchev–Trinajstić information content (AvgIpc) is 3.19. The van der Waals surface area contributed by atoms with Gasteiger partial charge in [-0.05, 0) is 55.7 Å². The van der Waals surface area contributed by atoms with Crippen molar-refractivity contribution < 1.29 is 22.4 Å². The number of para-hydroxylation sites is 1. The highest BCUT2D eigenvalue weighted by atomic mass is 32.2. The average molecular weight is 488 g/mol. The Balaban J connectivity index is 1.46. The van der Waals surface area contributed by atoms with Gasteiger partial charge in [-0.15, -0.1) is 0 Å². The molecule has 1 atom stereocenters. The molecular weight excluding hydrogens is 457 g/mol. The third-order valence-corrected chi connectivity index (χ3v) is 8.31. The van der Waals surface area contributed by atoms with Gasteiger partial charge in [0.2, 0.25) is 5.91 Å². The molecule has 0 bridgehead atoms. The van der Waals surface area contributed by atoms with Crippen LogP contribution in [0.2, 0.25) is 0 Å². The van der Waals surface area contributed by atoms with Gasteiger partial charge in [0, 0.05) is 23.5 Å². The predicted molar refractivity (Wildman–Crippen MR) is 130 cm³/mol. The van der Waals surface area contributed by atoms with E-state index in [0.29, 0.717) is 23.4 Å². The minimum absolute atomic E-state index is 0.0197. The summed E-state index contributed by atoms with van der Waals surface area (Å²) in [6, 6.07) is 12.1. The summed E-state index contributed by atoms with van der Waals surface area (Å²) in [7, 11) is -3.12. The first-order chi connectivity index (χ1) is 16.3.